The second-order valence-corrected chi connectivity index (χ2v) is 7.50. The molecule has 22 heavy (non-hydrogen) atoms. The molecule has 1 aromatic carbocycles. The van der Waals surface area contributed by atoms with Crippen LogP contribution in [0.5, 0.6) is 0 Å². The van der Waals surface area contributed by atoms with Crippen LogP contribution in [0.25, 0.3) is 0 Å². The van der Waals surface area contributed by atoms with E-state index in [4.69, 9.17) is 0 Å². The second kappa shape index (κ2) is 6.84. The number of hydrogen-bond acceptors (Lipinski definition) is 6. The van der Waals surface area contributed by atoms with E-state index in [0.29, 0.717) is 10.7 Å². The van der Waals surface area contributed by atoms with Crippen LogP contribution in [0, 0.1) is 10.1 Å². The minimum absolute atomic E-state index is 0.0680. The molecule has 0 atom stereocenters. The summed E-state index contributed by atoms with van der Waals surface area (Å²) in [5, 5.41) is 11.2. The van der Waals surface area contributed by atoms with Crippen LogP contribution in [0.2, 0.25) is 0 Å². The Hall–Kier alpha value is -2.00. The Kier molecular flexibility index (Phi) is 5.09. The van der Waals surface area contributed by atoms with Crippen molar-refractivity contribution in [2.45, 2.75) is 19.8 Å². The molecule has 0 saturated heterocycles. The van der Waals surface area contributed by atoms with Crippen LogP contribution in [0.3, 0.4) is 0 Å². The van der Waals surface area contributed by atoms with Crippen LogP contribution in [0.4, 0.5) is 10.8 Å². The summed E-state index contributed by atoms with van der Waals surface area (Å²) >= 11 is 1.28. The van der Waals surface area contributed by atoms with Crippen molar-refractivity contribution in [1.29, 1.82) is 0 Å². The molecule has 118 valence electrons. The van der Waals surface area contributed by atoms with Crippen molar-refractivity contribution in [3.63, 3.8) is 0 Å². The standard InChI is InChI=1S/C13H15N3O4S2/c1-2-11-9-14-13(21-11)15-22(19,20)8-7-10-5-3-4-6-12(10)16(17)18/h3-6,9H,2,7-8H2,1H3,(H,14,15). The molecule has 0 spiro atoms. The highest BCUT2D eigenvalue weighted by Gasteiger charge is 2.17. The number of aromatic nitrogens is 1. The summed E-state index contributed by atoms with van der Waals surface area (Å²) in [5.74, 6) is -0.237. The van der Waals surface area contributed by atoms with Gasteiger partial charge < -0.3 is 0 Å². The van der Waals surface area contributed by atoms with Crippen LogP contribution in [-0.2, 0) is 22.9 Å². The lowest BCUT2D eigenvalue weighted by Gasteiger charge is -2.05. The quantitative estimate of drug-likeness (QED) is 0.616. The number of nitrogens with zero attached hydrogens (tertiary/aromatic N) is 2. The van der Waals surface area contributed by atoms with E-state index in [-0.39, 0.29) is 17.9 Å². The maximum absolute atomic E-state index is 12.0. The molecule has 0 unspecified atom stereocenters. The van der Waals surface area contributed by atoms with Gasteiger partial charge in [-0.05, 0) is 12.8 Å². The molecule has 0 aliphatic rings. The van der Waals surface area contributed by atoms with Crippen molar-refractivity contribution in [3.8, 4) is 0 Å². The molecular weight excluding hydrogens is 326 g/mol. The molecule has 0 saturated carbocycles. The highest BCUT2D eigenvalue weighted by atomic mass is 32.2. The monoisotopic (exact) mass is 341 g/mol. The number of nitro benzene ring substituents is 1. The Labute approximate surface area is 132 Å². The summed E-state index contributed by atoms with van der Waals surface area (Å²) in [4.78, 5) is 15.4. The van der Waals surface area contributed by atoms with E-state index in [0.717, 1.165) is 11.3 Å². The summed E-state index contributed by atoms with van der Waals surface area (Å²) in [7, 11) is -3.59. The average molecular weight is 341 g/mol. The fourth-order valence-electron chi connectivity index (χ4n) is 1.85. The first kappa shape index (κ1) is 16.4. The van der Waals surface area contributed by atoms with Crippen molar-refractivity contribution in [3.05, 3.63) is 51.0 Å². The van der Waals surface area contributed by atoms with E-state index in [1.54, 1.807) is 24.4 Å². The third-order valence-corrected chi connectivity index (χ3v) is 5.41. The summed E-state index contributed by atoms with van der Waals surface area (Å²) in [6.07, 6.45) is 2.48. The summed E-state index contributed by atoms with van der Waals surface area (Å²) in [6, 6.07) is 6.13. The number of benzene rings is 1. The van der Waals surface area contributed by atoms with Gasteiger partial charge in [-0.3, -0.25) is 14.8 Å². The number of para-hydroxylation sites is 1. The molecule has 2 aromatic rings. The molecule has 1 N–H and O–H groups in total. The molecule has 2 rings (SSSR count). The zero-order valence-electron chi connectivity index (χ0n) is 11.9. The van der Waals surface area contributed by atoms with Gasteiger partial charge in [0, 0.05) is 22.7 Å². The van der Waals surface area contributed by atoms with Crippen molar-refractivity contribution in [1.82, 2.24) is 4.98 Å². The Balaban J connectivity index is 2.05. The van der Waals surface area contributed by atoms with E-state index in [1.807, 2.05) is 6.92 Å². The third kappa shape index (κ3) is 4.25. The van der Waals surface area contributed by atoms with Crippen molar-refractivity contribution in [2.75, 3.05) is 10.5 Å². The predicted octanol–water partition coefficient (Wildman–Crippen LogP) is 2.60. The normalized spacial score (nSPS) is 11.3. The lowest BCUT2D eigenvalue weighted by molar-refractivity contribution is -0.385. The molecule has 0 fully saturated rings. The van der Waals surface area contributed by atoms with E-state index in [2.05, 4.69) is 9.71 Å². The highest BCUT2D eigenvalue weighted by Crippen LogP contribution is 2.21. The topological polar surface area (TPSA) is 102 Å². The van der Waals surface area contributed by atoms with Gasteiger partial charge in [-0.1, -0.05) is 25.1 Å². The van der Waals surface area contributed by atoms with Gasteiger partial charge in [-0.15, -0.1) is 11.3 Å². The van der Waals surface area contributed by atoms with E-state index in [9.17, 15) is 18.5 Å². The van der Waals surface area contributed by atoms with Crippen LogP contribution in [0.15, 0.2) is 30.5 Å². The minimum atomic E-state index is -3.59. The summed E-state index contributed by atoms with van der Waals surface area (Å²) < 4.78 is 26.5. The highest BCUT2D eigenvalue weighted by molar-refractivity contribution is 7.92. The van der Waals surface area contributed by atoms with Crippen molar-refractivity contribution in [2.24, 2.45) is 0 Å². The molecule has 0 aliphatic carbocycles. The lowest BCUT2D eigenvalue weighted by atomic mass is 10.1. The Morgan fingerprint density at radius 2 is 2.09 bits per heavy atom. The van der Waals surface area contributed by atoms with Crippen LogP contribution >= 0.6 is 11.3 Å². The van der Waals surface area contributed by atoms with Crippen molar-refractivity contribution >= 4 is 32.2 Å². The second-order valence-electron chi connectivity index (χ2n) is 4.54. The zero-order chi connectivity index (χ0) is 16.2. The molecular formula is C13H15N3O4S2. The van der Waals surface area contributed by atoms with Gasteiger partial charge in [0.05, 0.1) is 10.7 Å². The summed E-state index contributed by atoms with van der Waals surface area (Å²) in [6.45, 7) is 1.96. The van der Waals surface area contributed by atoms with E-state index < -0.39 is 14.9 Å². The molecule has 0 amide bonds. The molecule has 0 aliphatic heterocycles. The number of thiazole rings is 1. The molecule has 1 heterocycles. The smallest absolute Gasteiger partial charge is 0.259 e. The molecule has 0 radical (unpaired) electrons. The van der Waals surface area contributed by atoms with Gasteiger partial charge >= 0.3 is 0 Å². The molecule has 7 nitrogen and oxygen atoms in total. The Bertz CT molecular complexity index is 771. The first-order chi connectivity index (χ1) is 10.4. The lowest BCUT2D eigenvalue weighted by Crippen LogP contribution is -2.18. The predicted molar refractivity (Wildman–Crippen MR) is 85.7 cm³/mol. The maximum Gasteiger partial charge on any atom is 0.272 e. The average Bonchev–Trinajstić information content (AvgIpc) is 2.92. The van der Waals surface area contributed by atoms with Crippen LogP contribution < -0.4 is 4.72 Å². The Morgan fingerprint density at radius 1 is 1.36 bits per heavy atom. The fourth-order valence-corrected chi connectivity index (χ4v) is 3.91. The zero-order valence-corrected chi connectivity index (χ0v) is 13.5. The van der Waals surface area contributed by atoms with Gasteiger partial charge in [-0.2, -0.15) is 0 Å². The molecule has 1 aromatic heterocycles. The van der Waals surface area contributed by atoms with E-state index >= 15 is 0 Å². The number of nitro groups is 1. The Morgan fingerprint density at radius 3 is 2.73 bits per heavy atom. The third-order valence-electron chi connectivity index (χ3n) is 2.97. The van der Waals surface area contributed by atoms with Gasteiger partial charge in [-0.25, -0.2) is 13.4 Å². The number of anilines is 1. The fraction of sp³-hybridized carbons (Fsp3) is 0.308. The van der Waals surface area contributed by atoms with Crippen LogP contribution in [0.1, 0.15) is 17.4 Å². The summed E-state index contributed by atoms with van der Waals surface area (Å²) in [5.41, 5.74) is 0.325. The maximum atomic E-state index is 12.0. The number of hydrogen-bond donors (Lipinski definition) is 1. The van der Waals surface area contributed by atoms with Gasteiger partial charge in [0.25, 0.3) is 5.69 Å². The first-order valence-corrected chi connectivity index (χ1v) is 9.05. The first-order valence-electron chi connectivity index (χ1n) is 6.59. The van der Waals surface area contributed by atoms with Gasteiger partial charge in [0.15, 0.2) is 5.13 Å². The van der Waals surface area contributed by atoms with Gasteiger partial charge in [0.2, 0.25) is 10.0 Å². The number of aryl methyl sites for hydroxylation is 2. The number of sulfonamides is 1. The minimum Gasteiger partial charge on any atom is -0.259 e. The SMILES string of the molecule is CCc1cnc(NS(=O)(=O)CCc2ccccc2[N+](=O)[O-])s1. The van der Waals surface area contributed by atoms with Crippen LogP contribution in [-0.4, -0.2) is 24.1 Å². The van der Waals surface area contributed by atoms with E-state index in [1.165, 1.54) is 17.4 Å². The number of nitrogens with one attached hydrogen (secondary N) is 1. The molecule has 0 bridgehead atoms. The number of rotatable bonds is 7. The van der Waals surface area contributed by atoms with Crippen molar-refractivity contribution < 1.29 is 13.3 Å². The largest absolute Gasteiger partial charge is 0.272 e. The molecule has 9 heteroatoms. The van der Waals surface area contributed by atoms with Gasteiger partial charge in [0.1, 0.15) is 0 Å².